The molecule has 0 aliphatic carbocycles. The highest BCUT2D eigenvalue weighted by Crippen LogP contribution is 2.30. The van der Waals surface area contributed by atoms with Crippen LogP contribution in [0.25, 0.3) is 0 Å². The maximum Gasteiger partial charge on any atom is 0.233 e. The highest BCUT2D eigenvalue weighted by atomic mass is 32.2. The molecule has 1 aromatic heterocycles. The van der Waals surface area contributed by atoms with E-state index in [4.69, 9.17) is 0 Å². The third-order valence-electron chi connectivity index (χ3n) is 3.67. The van der Waals surface area contributed by atoms with Crippen LogP contribution in [0.1, 0.15) is 18.1 Å². The van der Waals surface area contributed by atoms with Crippen molar-refractivity contribution in [1.29, 1.82) is 0 Å². The van der Waals surface area contributed by atoms with E-state index in [9.17, 15) is 4.79 Å². The van der Waals surface area contributed by atoms with Gasteiger partial charge in [0.2, 0.25) is 11.0 Å². The molecular formula is C19H20N4OS2. The topological polar surface area (TPSA) is 66.9 Å². The highest BCUT2D eigenvalue weighted by molar-refractivity contribution is 8.02. The Morgan fingerprint density at radius 2 is 1.85 bits per heavy atom. The normalized spacial score (nSPS) is 11.8. The monoisotopic (exact) mass is 384 g/mol. The molecule has 0 fully saturated rings. The summed E-state index contributed by atoms with van der Waals surface area (Å²) in [6.07, 6.45) is 0. The van der Waals surface area contributed by atoms with E-state index in [0.29, 0.717) is 11.7 Å². The van der Waals surface area contributed by atoms with Gasteiger partial charge in [-0.1, -0.05) is 71.1 Å². The summed E-state index contributed by atoms with van der Waals surface area (Å²) in [7, 11) is 0. The molecule has 1 amide bonds. The third-order valence-corrected chi connectivity index (χ3v) is 5.69. The fourth-order valence-electron chi connectivity index (χ4n) is 2.20. The van der Waals surface area contributed by atoms with E-state index >= 15 is 0 Å². The number of aryl methyl sites for hydroxylation is 1. The second-order valence-corrected chi connectivity index (χ2v) is 8.39. The van der Waals surface area contributed by atoms with Gasteiger partial charge in [-0.05, 0) is 31.5 Å². The zero-order valence-corrected chi connectivity index (χ0v) is 16.2. The Morgan fingerprint density at radius 1 is 1.12 bits per heavy atom. The number of carbonyl (C=O) groups is 1. The number of hydrogen-bond acceptors (Lipinski definition) is 6. The van der Waals surface area contributed by atoms with E-state index in [1.54, 1.807) is 0 Å². The Bertz CT molecular complexity index is 849. The van der Waals surface area contributed by atoms with Crippen LogP contribution < -0.4 is 10.6 Å². The van der Waals surface area contributed by atoms with Crippen molar-refractivity contribution in [2.45, 2.75) is 30.0 Å². The first-order valence-electron chi connectivity index (χ1n) is 8.25. The van der Waals surface area contributed by atoms with Gasteiger partial charge in [0.25, 0.3) is 0 Å². The lowest BCUT2D eigenvalue weighted by Gasteiger charge is -2.10. The number of benzene rings is 2. The van der Waals surface area contributed by atoms with Gasteiger partial charge in [-0.3, -0.25) is 4.79 Å². The van der Waals surface area contributed by atoms with Crippen LogP contribution in [0.4, 0.5) is 10.8 Å². The van der Waals surface area contributed by atoms with Crippen molar-refractivity contribution >= 4 is 39.8 Å². The maximum absolute atomic E-state index is 12.3. The van der Waals surface area contributed by atoms with E-state index in [2.05, 4.69) is 20.8 Å². The summed E-state index contributed by atoms with van der Waals surface area (Å²) in [6, 6.07) is 18.0. The van der Waals surface area contributed by atoms with Crippen molar-refractivity contribution in [3.05, 3.63) is 65.7 Å². The molecule has 0 aliphatic heterocycles. The Kier molecular flexibility index (Phi) is 6.25. The Labute approximate surface area is 161 Å². The summed E-state index contributed by atoms with van der Waals surface area (Å²) in [6.45, 7) is 4.45. The van der Waals surface area contributed by atoms with Gasteiger partial charge in [0, 0.05) is 12.2 Å². The van der Waals surface area contributed by atoms with E-state index in [1.807, 2.05) is 68.4 Å². The average molecular weight is 385 g/mol. The summed E-state index contributed by atoms with van der Waals surface area (Å²) in [5, 5.41) is 14.9. The number of rotatable bonds is 7. The number of nitrogens with zero attached hydrogens (tertiary/aromatic N) is 2. The summed E-state index contributed by atoms with van der Waals surface area (Å²) < 4.78 is 0.765. The van der Waals surface area contributed by atoms with Gasteiger partial charge in [0.05, 0.1) is 5.25 Å². The summed E-state index contributed by atoms with van der Waals surface area (Å²) in [5.74, 6) is -0.0108. The number of thioether (sulfide) groups is 1. The number of amides is 1. The van der Waals surface area contributed by atoms with Crippen LogP contribution in [0.3, 0.4) is 0 Å². The lowest BCUT2D eigenvalue weighted by molar-refractivity contribution is -0.120. The van der Waals surface area contributed by atoms with Crippen LogP contribution in [0, 0.1) is 6.92 Å². The fraction of sp³-hybridized carbons (Fsp3) is 0.211. The number of anilines is 2. The molecule has 5 nitrogen and oxygen atoms in total. The van der Waals surface area contributed by atoms with Gasteiger partial charge < -0.3 is 10.6 Å². The van der Waals surface area contributed by atoms with Crippen molar-refractivity contribution in [3.8, 4) is 0 Å². The minimum atomic E-state index is -0.238. The van der Waals surface area contributed by atoms with E-state index in [-0.39, 0.29) is 11.2 Å². The van der Waals surface area contributed by atoms with Crippen molar-refractivity contribution < 1.29 is 4.79 Å². The molecule has 0 bridgehead atoms. The molecule has 2 N–H and O–H groups in total. The SMILES string of the molecule is Cc1ccc(CNC(=O)[C@@H](C)Sc2nnc(Nc3ccccc3)s2)cc1. The second kappa shape index (κ2) is 8.82. The molecule has 0 spiro atoms. The first kappa shape index (κ1) is 18.4. The van der Waals surface area contributed by atoms with Crippen LogP contribution in [-0.2, 0) is 11.3 Å². The van der Waals surface area contributed by atoms with Crippen LogP contribution in [0.2, 0.25) is 0 Å². The molecule has 0 aliphatic rings. The zero-order valence-electron chi connectivity index (χ0n) is 14.6. The molecule has 7 heteroatoms. The van der Waals surface area contributed by atoms with E-state index in [0.717, 1.165) is 15.6 Å². The molecule has 26 heavy (non-hydrogen) atoms. The molecule has 1 heterocycles. The smallest absolute Gasteiger partial charge is 0.233 e. The minimum Gasteiger partial charge on any atom is -0.351 e. The zero-order chi connectivity index (χ0) is 18.4. The first-order valence-corrected chi connectivity index (χ1v) is 9.95. The summed E-state index contributed by atoms with van der Waals surface area (Å²) in [4.78, 5) is 12.3. The van der Waals surface area contributed by atoms with Gasteiger partial charge in [-0.2, -0.15) is 0 Å². The standard InChI is InChI=1S/C19H20N4OS2/c1-13-8-10-15(11-9-13)12-20-17(24)14(2)25-19-23-22-18(26-19)21-16-6-4-3-5-7-16/h3-11,14H,12H2,1-2H3,(H,20,24)(H,21,22)/t14-/m1/s1. The largest absolute Gasteiger partial charge is 0.351 e. The Balaban J connectivity index is 1.50. The number of nitrogens with one attached hydrogen (secondary N) is 2. The summed E-state index contributed by atoms with van der Waals surface area (Å²) in [5.41, 5.74) is 3.26. The number of para-hydroxylation sites is 1. The molecule has 0 unspecified atom stereocenters. The maximum atomic E-state index is 12.3. The molecule has 0 saturated carbocycles. The van der Waals surface area contributed by atoms with Gasteiger partial charge >= 0.3 is 0 Å². The quantitative estimate of drug-likeness (QED) is 0.592. The van der Waals surface area contributed by atoms with Crippen LogP contribution in [0.15, 0.2) is 58.9 Å². The Hall–Kier alpha value is -2.38. The van der Waals surface area contributed by atoms with Gasteiger partial charge in [-0.25, -0.2) is 0 Å². The third kappa shape index (κ3) is 5.31. The van der Waals surface area contributed by atoms with Crippen LogP contribution in [0.5, 0.6) is 0 Å². The van der Waals surface area contributed by atoms with E-state index in [1.165, 1.54) is 28.7 Å². The van der Waals surface area contributed by atoms with Crippen molar-refractivity contribution in [1.82, 2.24) is 15.5 Å². The van der Waals surface area contributed by atoms with Gasteiger partial charge in [0.15, 0.2) is 4.34 Å². The van der Waals surface area contributed by atoms with Crippen molar-refractivity contribution in [2.24, 2.45) is 0 Å². The van der Waals surface area contributed by atoms with Crippen LogP contribution in [-0.4, -0.2) is 21.4 Å². The number of aromatic nitrogens is 2. The molecule has 1 atom stereocenters. The fourth-order valence-corrected chi connectivity index (χ4v) is 4.14. The minimum absolute atomic E-state index is 0.0108. The molecule has 0 radical (unpaired) electrons. The molecule has 3 rings (SSSR count). The Morgan fingerprint density at radius 3 is 2.58 bits per heavy atom. The predicted molar refractivity (Wildman–Crippen MR) is 108 cm³/mol. The van der Waals surface area contributed by atoms with E-state index < -0.39 is 0 Å². The van der Waals surface area contributed by atoms with Crippen LogP contribution >= 0.6 is 23.1 Å². The number of hydrogen-bond donors (Lipinski definition) is 2. The lowest BCUT2D eigenvalue weighted by atomic mass is 10.1. The highest BCUT2D eigenvalue weighted by Gasteiger charge is 2.17. The molecule has 0 saturated heterocycles. The van der Waals surface area contributed by atoms with Crippen molar-refractivity contribution in [3.63, 3.8) is 0 Å². The summed E-state index contributed by atoms with van der Waals surface area (Å²) >= 11 is 2.85. The second-order valence-electron chi connectivity index (χ2n) is 5.83. The molecule has 134 valence electrons. The van der Waals surface area contributed by atoms with Crippen molar-refractivity contribution in [2.75, 3.05) is 5.32 Å². The molecular weight excluding hydrogens is 364 g/mol. The lowest BCUT2D eigenvalue weighted by Crippen LogP contribution is -2.30. The average Bonchev–Trinajstić information content (AvgIpc) is 3.08. The van der Waals surface area contributed by atoms with Gasteiger partial charge in [-0.15, -0.1) is 10.2 Å². The molecule has 2 aromatic carbocycles. The molecule has 3 aromatic rings. The first-order chi connectivity index (χ1) is 12.6. The number of carbonyl (C=O) groups excluding carboxylic acids is 1. The predicted octanol–water partition coefficient (Wildman–Crippen LogP) is 4.39. The van der Waals surface area contributed by atoms with Gasteiger partial charge in [0.1, 0.15) is 0 Å².